The first-order valence-corrected chi connectivity index (χ1v) is 9.39. The van der Waals surface area contributed by atoms with Crippen LogP contribution in [-0.4, -0.2) is 27.5 Å². The van der Waals surface area contributed by atoms with Crippen molar-refractivity contribution in [2.45, 2.75) is 62.9 Å². The highest BCUT2D eigenvalue weighted by molar-refractivity contribution is 5.97. The number of nitrogens with one attached hydrogen (secondary N) is 2. The molecule has 6 nitrogen and oxygen atoms in total. The zero-order valence-electron chi connectivity index (χ0n) is 14.5. The highest BCUT2D eigenvalue weighted by Crippen LogP contribution is 2.31. The number of hydrogen-bond donors (Lipinski definition) is 3. The van der Waals surface area contributed by atoms with Gasteiger partial charge in [-0.1, -0.05) is 25.7 Å². The van der Waals surface area contributed by atoms with Crippen molar-refractivity contribution in [2.75, 3.05) is 6.54 Å². The Labute approximate surface area is 146 Å². The van der Waals surface area contributed by atoms with Crippen molar-refractivity contribution in [3.63, 3.8) is 0 Å². The Hall–Kier alpha value is -2.08. The number of fused-ring (bicyclic) bond motifs is 1. The lowest BCUT2D eigenvalue weighted by Crippen LogP contribution is -2.51. The van der Waals surface area contributed by atoms with Crippen LogP contribution >= 0.6 is 0 Å². The van der Waals surface area contributed by atoms with Gasteiger partial charge in [0.15, 0.2) is 0 Å². The summed E-state index contributed by atoms with van der Waals surface area (Å²) in [5, 5.41) is 3.14. The molecule has 2 saturated carbocycles. The quantitative estimate of drug-likeness (QED) is 0.797. The van der Waals surface area contributed by atoms with Gasteiger partial charge in [0.25, 0.3) is 5.91 Å². The number of nitrogens with zero attached hydrogens (tertiary/aromatic N) is 1. The number of hydrogen-bond acceptors (Lipinski definition) is 3. The molecule has 1 heterocycles. The van der Waals surface area contributed by atoms with Crippen LogP contribution < -0.4 is 16.7 Å². The molecular formula is C19H26N4O2. The number of rotatable bonds is 4. The van der Waals surface area contributed by atoms with Gasteiger partial charge in [-0.25, -0.2) is 4.79 Å². The molecule has 0 spiro atoms. The minimum atomic E-state index is -0.269. The molecule has 134 valence electrons. The number of imidazole rings is 1. The van der Waals surface area contributed by atoms with Gasteiger partial charge in [0.1, 0.15) is 0 Å². The monoisotopic (exact) mass is 342 g/mol. The molecule has 25 heavy (non-hydrogen) atoms. The Balaban J connectivity index is 1.63. The van der Waals surface area contributed by atoms with Crippen LogP contribution in [-0.2, 0) is 0 Å². The number of H-pyrrole nitrogens is 1. The third-order valence-electron chi connectivity index (χ3n) is 6.00. The Bertz CT molecular complexity index is 839. The first kappa shape index (κ1) is 16.4. The zero-order chi connectivity index (χ0) is 17.4. The number of amides is 1. The van der Waals surface area contributed by atoms with Crippen molar-refractivity contribution < 1.29 is 4.79 Å². The lowest BCUT2D eigenvalue weighted by atomic mass is 9.97. The van der Waals surface area contributed by atoms with E-state index in [1.54, 1.807) is 6.07 Å². The van der Waals surface area contributed by atoms with E-state index >= 15 is 0 Å². The number of aromatic nitrogens is 2. The smallest absolute Gasteiger partial charge is 0.326 e. The minimum absolute atomic E-state index is 0.0753. The number of carbonyl (C=O) groups excluding carboxylic acids is 1. The fraction of sp³-hybridized carbons (Fsp3) is 0.579. The molecule has 0 atom stereocenters. The minimum Gasteiger partial charge on any atom is -0.345 e. The second kappa shape index (κ2) is 6.33. The Morgan fingerprint density at radius 1 is 1.24 bits per heavy atom. The Kier molecular flexibility index (Phi) is 4.15. The average Bonchev–Trinajstić information content (AvgIpc) is 3.33. The van der Waals surface area contributed by atoms with E-state index in [1.807, 2.05) is 16.7 Å². The first-order valence-electron chi connectivity index (χ1n) is 9.39. The third kappa shape index (κ3) is 2.88. The average molecular weight is 342 g/mol. The number of carbonyl (C=O) groups is 1. The molecule has 2 aliphatic rings. The second-order valence-corrected chi connectivity index (χ2v) is 7.62. The van der Waals surface area contributed by atoms with Crippen LogP contribution in [0.3, 0.4) is 0 Å². The van der Waals surface area contributed by atoms with Gasteiger partial charge >= 0.3 is 5.69 Å². The van der Waals surface area contributed by atoms with Crippen molar-refractivity contribution in [3.8, 4) is 0 Å². The largest absolute Gasteiger partial charge is 0.345 e. The van der Waals surface area contributed by atoms with Crippen LogP contribution in [0.2, 0.25) is 0 Å². The molecule has 4 rings (SSSR count). The summed E-state index contributed by atoms with van der Waals surface area (Å²) < 4.78 is 1.86. The summed E-state index contributed by atoms with van der Waals surface area (Å²) in [4.78, 5) is 28.0. The van der Waals surface area contributed by atoms with E-state index in [0.29, 0.717) is 12.1 Å². The Morgan fingerprint density at radius 3 is 2.64 bits per heavy atom. The highest BCUT2D eigenvalue weighted by Gasteiger charge is 2.34. The molecule has 0 aliphatic heterocycles. The van der Waals surface area contributed by atoms with Gasteiger partial charge in [-0.05, 0) is 43.9 Å². The van der Waals surface area contributed by atoms with E-state index in [-0.39, 0.29) is 23.2 Å². The molecule has 0 bridgehead atoms. The molecule has 0 unspecified atom stereocenters. The lowest BCUT2D eigenvalue weighted by Gasteiger charge is -2.28. The van der Waals surface area contributed by atoms with Gasteiger partial charge in [-0.3, -0.25) is 9.36 Å². The van der Waals surface area contributed by atoms with Crippen molar-refractivity contribution in [1.29, 1.82) is 0 Å². The normalized spacial score (nSPS) is 20.4. The van der Waals surface area contributed by atoms with E-state index < -0.39 is 0 Å². The van der Waals surface area contributed by atoms with Crippen LogP contribution in [0.15, 0.2) is 23.0 Å². The van der Waals surface area contributed by atoms with Crippen LogP contribution in [0, 0.1) is 0 Å². The summed E-state index contributed by atoms with van der Waals surface area (Å²) in [6, 6.07) is 5.77. The maximum Gasteiger partial charge on any atom is 0.326 e. The zero-order valence-corrected chi connectivity index (χ0v) is 14.5. The summed E-state index contributed by atoms with van der Waals surface area (Å²) in [5.74, 6) is -0.108. The van der Waals surface area contributed by atoms with Gasteiger partial charge in [0.2, 0.25) is 0 Å². The predicted octanol–water partition coefficient (Wildman–Crippen LogP) is 2.45. The molecule has 0 saturated heterocycles. The van der Waals surface area contributed by atoms with Crippen LogP contribution in [0.1, 0.15) is 67.8 Å². The summed E-state index contributed by atoms with van der Waals surface area (Å²) in [5.41, 5.74) is 7.77. The van der Waals surface area contributed by atoms with E-state index in [9.17, 15) is 9.59 Å². The maximum atomic E-state index is 12.7. The lowest BCUT2D eigenvalue weighted by molar-refractivity contribution is 0.0903. The van der Waals surface area contributed by atoms with Gasteiger partial charge in [0.05, 0.1) is 16.6 Å². The fourth-order valence-electron chi connectivity index (χ4n) is 4.54. The van der Waals surface area contributed by atoms with Gasteiger partial charge < -0.3 is 16.0 Å². The molecule has 0 radical (unpaired) electrons. The van der Waals surface area contributed by atoms with Gasteiger partial charge in [-0.15, -0.1) is 0 Å². The molecule has 1 aromatic carbocycles. The van der Waals surface area contributed by atoms with Crippen LogP contribution in [0.25, 0.3) is 11.0 Å². The van der Waals surface area contributed by atoms with E-state index in [0.717, 1.165) is 49.6 Å². The van der Waals surface area contributed by atoms with E-state index in [4.69, 9.17) is 5.73 Å². The molecule has 2 aliphatic carbocycles. The summed E-state index contributed by atoms with van der Waals surface area (Å²) in [6.07, 6.45) is 8.53. The summed E-state index contributed by atoms with van der Waals surface area (Å²) in [6.45, 7) is 0.468. The first-order chi connectivity index (χ1) is 12.1. The number of benzene rings is 1. The van der Waals surface area contributed by atoms with Gasteiger partial charge in [-0.2, -0.15) is 0 Å². The maximum absolute atomic E-state index is 12.7. The highest BCUT2D eigenvalue weighted by atomic mass is 16.2. The Morgan fingerprint density at radius 2 is 1.96 bits per heavy atom. The fourth-order valence-corrected chi connectivity index (χ4v) is 4.54. The molecular weight excluding hydrogens is 316 g/mol. The second-order valence-electron chi connectivity index (χ2n) is 7.62. The third-order valence-corrected chi connectivity index (χ3v) is 6.00. The van der Waals surface area contributed by atoms with Crippen LogP contribution in [0.5, 0.6) is 0 Å². The SMILES string of the molecule is NCC1(NC(=O)c2ccc3c(c2)[nH]c(=O)n3C2CCCC2)CCCC1. The van der Waals surface area contributed by atoms with Crippen LogP contribution in [0.4, 0.5) is 0 Å². The molecule has 6 heteroatoms. The van der Waals surface area contributed by atoms with Crippen molar-refractivity contribution >= 4 is 16.9 Å². The predicted molar refractivity (Wildman–Crippen MR) is 97.8 cm³/mol. The van der Waals surface area contributed by atoms with E-state index in [1.165, 1.54) is 12.8 Å². The topological polar surface area (TPSA) is 92.9 Å². The number of aromatic amines is 1. The van der Waals surface area contributed by atoms with Crippen molar-refractivity contribution in [2.24, 2.45) is 5.73 Å². The van der Waals surface area contributed by atoms with Crippen molar-refractivity contribution in [3.05, 3.63) is 34.2 Å². The van der Waals surface area contributed by atoms with Crippen molar-refractivity contribution in [1.82, 2.24) is 14.9 Å². The van der Waals surface area contributed by atoms with Gasteiger partial charge in [0, 0.05) is 18.2 Å². The number of nitrogens with two attached hydrogens (primary N) is 1. The summed E-state index contributed by atoms with van der Waals surface area (Å²) in [7, 11) is 0. The molecule has 1 aromatic heterocycles. The molecule has 4 N–H and O–H groups in total. The standard InChI is InChI=1S/C19H26N4O2/c20-12-19(9-3-4-10-19)22-17(24)13-7-8-16-15(11-13)21-18(25)23(16)14-5-1-2-6-14/h7-8,11,14H,1-6,9-10,12,20H2,(H,21,25)(H,22,24). The summed E-state index contributed by atoms with van der Waals surface area (Å²) >= 11 is 0. The molecule has 2 fully saturated rings. The molecule has 1 amide bonds. The van der Waals surface area contributed by atoms with E-state index in [2.05, 4.69) is 10.3 Å². The molecule has 2 aromatic rings.